The zero-order valence-corrected chi connectivity index (χ0v) is 5.65. The molecule has 1 heterocycles. The molecule has 0 aliphatic rings. The molecular weight excluding hydrogens is 168 g/mol. The molecule has 12 heavy (non-hydrogen) atoms. The Morgan fingerprint density at radius 3 is 2.67 bits per heavy atom. The van der Waals surface area contributed by atoms with Crippen molar-refractivity contribution in [2.45, 2.75) is 0 Å². The van der Waals surface area contributed by atoms with Crippen LogP contribution in [-0.2, 0) is 0 Å². The first-order valence-corrected chi connectivity index (χ1v) is 2.74. The van der Waals surface area contributed by atoms with E-state index in [9.17, 15) is 5.21 Å². The van der Waals surface area contributed by atoms with Crippen LogP contribution in [0.4, 0.5) is 0 Å². The average Bonchev–Trinajstić information content (AvgIpc) is 2.37. The molecule has 0 bridgehead atoms. The molecule has 0 radical (unpaired) electrons. The SMILES string of the molecule is [O-][n+]1onc(/C=N\O)c1/C=N\O. The summed E-state index contributed by atoms with van der Waals surface area (Å²) < 4.78 is 4.11. The summed E-state index contributed by atoms with van der Waals surface area (Å²) in [5.74, 6) is 0. The van der Waals surface area contributed by atoms with Gasteiger partial charge in [-0.1, -0.05) is 10.3 Å². The first-order chi connectivity index (χ1) is 5.79. The van der Waals surface area contributed by atoms with E-state index in [0.29, 0.717) is 0 Å². The van der Waals surface area contributed by atoms with Crippen LogP contribution in [0.1, 0.15) is 11.4 Å². The van der Waals surface area contributed by atoms with Crippen LogP contribution in [0.3, 0.4) is 0 Å². The first-order valence-electron chi connectivity index (χ1n) is 2.74. The monoisotopic (exact) mass is 172 g/mol. The fourth-order valence-corrected chi connectivity index (χ4v) is 0.578. The van der Waals surface area contributed by atoms with Crippen LogP contribution in [0.15, 0.2) is 14.9 Å². The lowest BCUT2D eigenvalue weighted by molar-refractivity contribution is -0.803. The lowest BCUT2D eigenvalue weighted by atomic mass is 10.3. The van der Waals surface area contributed by atoms with E-state index in [1.165, 1.54) is 0 Å². The molecule has 0 spiro atoms. The van der Waals surface area contributed by atoms with E-state index in [-0.39, 0.29) is 16.3 Å². The Bertz CT molecular complexity index is 317. The molecule has 0 fully saturated rings. The fraction of sp³-hybridized carbons (Fsp3) is 0. The first kappa shape index (κ1) is 7.98. The second kappa shape index (κ2) is 3.32. The van der Waals surface area contributed by atoms with Gasteiger partial charge in [0.15, 0.2) is 0 Å². The molecule has 64 valence electrons. The van der Waals surface area contributed by atoms with Crippen LogP contribution in [0.2, 0.25) is 0 Å². The van der Waals surface area contributed by atoms with Gasteiger partial charge in [0.2, 0.25) is 5.69 Å². The van der Waals surface area contributed by atoms with Gasteiger partial charge in [-0.15, -0.1) is 0 Å². The predicted molar refractivity (Wildman–Crippen MR) is 34.2 cm³/mol. The average molecular weight is 172 g/mol. The van der Waals surface area contributed by atoms with Gasteiger partial charge in [-0.2, -0.15) is 0 Å². The minimum absolute atomic E-state index is 0.0106. The summed E-state index contributed by atoms with van der Waals surface area (Å²) in [7, 11) is 0. The molecule has 0 aromatic carbocycles. The zero-order chi connectivity index (χ0) is 8.97. The van der Waals surface area contributed by atoms with Crippen LogP contribution in [0, 0.1) is 5.21 Å². The number of hydrogen-bond donors (Lipinski definition) is 2. The van der Waals surface area contributed by atoms with E-state index in [2.05, 4.69) is 20.1 Å². The topological polar surface area (TPSA) is 118 Å². The molecule has 8 nitrogen and oxygen atoms in total. The van der Waals surface area contributed by atoms with Gasteiger partial charge in [0.1, 0.15) is 12.4 Å². The molecule has 8 heteroatoms. The number of aromatic nitrogens is 2. The van der Waals surface area contributed by atoms with E-state index < -0.39 is 0 Å². The maximum absolute atomic E-state index is 10.6. The Morgan fingerprint density at radius 2 is 2.08 bits per heavy atom. The minimum Gasteiger partial charge on any atom is -0.411 e. The summed E-state index contributed by atoms with van der Waals surface area (Å²) in [5.41, 5.74) is -0.194. The molecule has 1 aromatic rings. The highest BCUT2D eigenvalue weighted by atomic mass is 16.8. The number of nitrogens with zero attached hydrogens (tertiary/aromatic N) is 4. The van der Waals surface area contributed by atoms with Crippen molar-refractivity contribution in [2.24, 2.45) is 10.3 Å². The lowest BCUT2D eigenvalue weighted by Crippen LogP contribution is -2.28. The van der Waals surface area contributed by atoms with Crippen molar-refractivity contribution in [1.29, 1.82) is 0 Å². The molecule has 2 N–H and O–H groups in total. The molecule has 0 unspecified atom stereocenters. The summed E-state index contributed by atoms with van der Waals surface area (Å²) in [6, 6.07) is 0. The maximum Gasteiger partial charge on any atom is 0.271 e. The van der Waals surface area contributed by atoms with E-state index in [4.69, 9.17) is 10.4 Å². The second-order valence-electron chi connectivity index (χ2n) is 1.69. The molecule has 1 aromatic heterocycles. The maximum atomic E-state index is 10.6. The normalized spacial score (nSPS) is 11.7. The van der Waals surface area contributed by atoms with E-state index in [0.717, 1.165) is 12.4 Å². The smallest absolute Gasteiger partial charge is 0.271 e. The Hall–Kier alpha value is -2.12. The zero-order valence-electron chi connectivity index (χ0n) is 5.65. The largest absolute Gasteiger partial charge is 0.411 e. The predicted octanol–water partition coefficient (Wildman–Crippen LogP) is -1.08. The quantitative estimate of drug-likeness (QED) is 0.254. The Labute approximate surface area is 65.5 Å². The van der Waals surface area contributed by atoms with Gasteiger partial charge in [0.25, 0.3) is 5.69 Å². The van der Waals surface area contributed by atoms with Gasteiger partial charge in [-0.25, -0.2) is 0 Å². The van der Waals surface area contributed by atoms with Gasteiger partial charge in [-0.3, -0.25) is 4.63 Å². The van der Waals surface area contributed by atoms with Crippen molar-refractivity contribution >= 4 is 12.4 Å². The molecule has 0 amide bonds. The van der Waals surface area contributed by atoms with Gasteiger partial charge in [-0.05, 0) is 4.90 Å². The summed E-state index contributed by atoms with van der Waals surface area (Å²) in [6.07, 6.45) is 1.68. The minimum atomic E-state index is -0.157. The highest BCUT2D eigenvalue weighted by Crippen LogP contribution is 1.93. The second-order valence-corrected chi connectivity index (χ2v) is 1.69. The van der Waals surface area contributed by atoms with Crippen LogP contribution >= 0.6 is 0 Å². The summed E-state index contributed by atoms with van der Waals surface area (Å²) in [4.78, 5) is 0.0106. The highest BCUT2D eigenvalue weighted by molar-refractivity contribution is 5.88. The molecular formula is C4H4N4O4. The van der Waals surface area contributed by atoms with E-state index in [1.807, 2.05) is 0 Å². The van der Waals surface area contributed by atoms with Gasteiger partial charge >= 0.3 is 0 Å². The van der Waals surface area contributed by atoms with Crippen molar-refractivity contribution in [2.75, 3.05) is 0 Å². The van der Waals surface area contributed by atoms with Gasteiger partial charge in [0, 0.05) is 5.16 Å². The van der Waals surface area contributed by atoms with Gasteiger partial charge in [0.05, 0.1) is 0 Å². The summed E-state index contributed by atoms with van der Waals surface area (Å²) in [6.45, 7) is 0. The third-order valence-corrected chi connectivity index (χ3v) is 1.03. The third-order valence-electron chi connectivity index (χ3n) is 1.03. The Balaban J connectivity index is 3.12. The Kier molecular flexibility index (Phi) is 2.21. The number of rotatable bonds is 2. The van der Waals surface area contributed by atoms with Crippen LogP contribution in [0.25, 0.3) is 0 Å². The van der Waals surface area contributed by atoms with Crippen LogP contribution in [0.5, 0.6) is 0 Å². The fourth-order valence-electron chi connectivity index (χ4n) is 0.578. The Morgan fingerprint density at radius 1 is 1.42 bits per heavy atom. The highest BCUT2D eigenvalue weighted by Gasteiger charge is 2.14. The molecule has 0 aliphatic carbocycles. The van der Waals surface area contributed by atoms with Crippen molar-refractivity contribution in [1.82, 2.24) is 5.16 Å². The summed E-state index contributed by atoms with van der Waals surface area (Å²) in [5, 5.41) is 35.2. The lowest BCUT2D eigenvalue weighted by Gasteiger charge is -1.84. The van der Waals surface area contributed by atoms with Crippen molar-refractivity contribution < 1.29 is 19.9 Å². The van der Waals surface area contributed by atoms with E-state index >= 15 is 0 Å². The van der Waals surface area contributed by atoms with Crippen LogP contribution < -0.4 is 4.90 Å². The van der Waals surface area contributed by atoms with Crippen molar-refractivity contribution in [3.8, 4) is 0 Å². The molecule has 0 aliphatic heterocycles. The molecule has 0 saturated carbocycles. The van der Waals surface area contributed by atoms with E-state index in [1.54, 1.807) is 0 Å². The van der Waals surface area contributed by atoms with Crippen molar-refractivity contribution in [3.63, 3.8) is 0 Å². The van der Waals surface area contributed by atoms with Crippen LogP contribution in [-0.4, -0.2) is 28.0 Å². The van der Waals surface area contributed by atoms with Gasteiger partial charge < -0.3 is 15.6 Å². The van der Waals surface area contributed by atoms with Crippen molar-refractivity contribution in [3.05, 3.63) is 16.6 Å². The number of oxime groups is 2. The molecule has 0 atom stereocenters. The summed E-state index contributed by atoms with van der Waals surface area (Å²) >= 11 is 0. The standard InChI is InChI=1S/C4H4N4O4/c9-5-1-3-4(2-6-10)8(11)12-7-3/h1-2,9-10H/b5-1-,6-2-. The molecule has 1 rings (SSSR count). The third kappa shape index (κ3) is 1.31. The number of hydrogen-bond acceptors (Lipinski definition) is 7. The molecule has 0 saturated heterocycles.